The van der Waals surface area contributed by atoms with E-state index in [1.807, 2.05) is 6.07 Å². The first-order valence-corrected chi connectivity index (χ1v) is 5.44. The van der Waals surface area contributed by atoms with Gasteiger partial charge in [0, 0.05) is 6.07 Å². The van der Waals surface area contributed by atoms with Crippen molar-refractivity contribution in [1.29, 1.82) is 5.26 Å². The van der Waals surface area contributed by atoms with Gasteiger partial charge in [0.25, 0.3) is 0 Å². The molecule has 0 bridgehead atoms. The summed E-state index contributed by atoms with van der Waals surface area (Å²) in [4.78, 5) is 11.6. The SMILES string of the molecule is COc1ccc(C#N)c(NC(=O)OC(C)(C)C)c1. The molecule has 5 nitrogen and oxygen atoms in total. The van der Waals surface area contributed by atoms with E-state index in [1.54, 1.807) is 39.0 Å². The summed E-state index contributed by atoms with van der Waals surface area (Å²) in [6, 6.07) is 6.79. The van der Waals surface area contributed by atoms with Gasteiger partial charge in [-0.2, -0.15) is 5.26 Å². The van der Waals surface area contributed by atoms with Gasteiger partial charge in [0.15, 0.2) is 0 Å². The van der Waals surface area contributed by atoms with E-state index < -0.39 is 11.7 Å². The first-order valence-electron chi connectivity index (χ1n) is 5.44. The first-order chi connectivity index (χ1) is 8.35. The van der Waals surface area contributed by atoms with E-state index in [0.29, 0.717) is 17.0 Å². The highest BCUT2D eigenvalue weighted by atomic mass is 16.6. The molecule has 0 saturated carbocycles. The van der Waals surface area contributed by atoms with Gasteiger partial charge in [-0.3, -0.25) is 5.32 Å². The standard InChI is InChI=1S/C13H16N2O3/c1-13(2,3)18-12(16)15-11-7-10(17-4)6-5-9(11)8-14/h5-7H,1-4H3,(H,15,16). The normalized spacial score (nSPS) is 10.4. The summed E-state index contributed by atoms with van der Waals surface area (Å²) in [7, 11) is 1.51. The van der Waals surface area contributed by atoms with Crippen LogP contribution in [0.25, 0.3) is 0 Å². The zero-order valence-corrected chi connectivity index (χ0v) is 10.9. The summed E-state index contributed by atoms with van der Waals surface area (Å²) < 4.78 is 10.1. The van der Waals surface area contributed by atoms with E-state index in [9.17, 15) is 4.79 Å². The highest BCUT2D eigenvalue weighted by Crippen LogP contribution is 2.22. The molecule has 1 rings (SSSR count). The maximum absolute atomic E-state index is 11.6. The molecule has 96 valence electrons. The molecule has 0 unspecified atom stereocenters. The molecule has 0 atom stereocenters. The van der Waals surface area contributed by atoms with Crippen molar-refractivity contribution >= 4 is 11.8 Å². The Hall–Kier alpha value is -2.22. The lowest BCUT2D eigenvalue weighted by Crippen LogP contribution is -2.27. The Balaban J connectivity index is 2.89. The van der Waals surface area contributed by atoms with Crippen molar-refractivity contribution in [3.05, 3.63) is 23.8 Å². The number of carbonyl (C=O) groups is 1. The summed E-state index contributed by atoms with van der Waals surface area (Å²) in [5, 5.41) is 11.5. The van der Waals surface area contributed by atoms with Crippen LogP contribution in [0.5, 0.6) is 5.75 Å². The monoisotopic (exact) mass is 248 g/mol. The van der Waals surface area contributed by atoms with Gasteiger partial charge in [-0.05, 0) is 32.9 Å². The summed E-state index contributed by atoms with van der Waals surface area (Å²) in [5.41, 5.74) is 0.128. The lowest BCUT2D eigenvalue weighted by Gasteiger charge is -2.20. The lowest BCUT2D eigenvalue weighted by molar-refractivity contribution is 0.0636. The zero-order chi connectivity index (χ0) is 13.8. The summed E-state index contributed by atoms with van der Waals surface area (Å²) >= 11 is 0. The maximum atomic E-state index is 11.6. The Kier molecular flexibility index (Phi) is 4.16. The number of nitrogens with one attached hydrogen (secondary N) is 1. The van der Waals surface area contributed by atoms with Crippen molar-refractivity contribution in [2.45, 2.75) is 26.4 Å². The zero-order valence-electron chi connectivity index (χ0n) is 10.9. The molecule has 0 aromatic heterocycles. The molecule has 0 aliphatic rings. The predicted octanol–water partition coefficient (Wildman–Crippen LogP) is 2.91. The highest BCUT2D eigenvalue weighted by Gasteiger charge is 2.17. The first kappa shape index (κ1) is 13.8. The van der Waals surface area contributed by atoms with Crippen LogP contribution < -0.4 is 10.1 Å². The largest absolute Gasteiger partial charge is 0.497 e. The summed E-state index contributed by atoms with van der Waals surface area (Å²) in [6.45, 7) is 5.30. The van der Waals surface area contributed by atoms with Crippen LogP contribution in [0.15, 0.2) is 18.2 Å². The van der Waals surface area contributed by atoms with Crippen LogP contribution in [-0.2, 0) is 4.74 Å². The quantitative estimate of drug-likeness (QED) is 0.873. The minimum atomic E-state index is -0.604. The van der Waals surface area contributed by atoms with Crippen LogP contribution in [0.1, 0.15) is 26.3 Å². The van der Waals surface area contributed by atoms with Crippen molar-refractivity contribution in [2.75, 3.05) is 12.4 Å². The fraction of sp³-hybridized carbons (Fsp3) is 0.385. The molecule has 0 aliphatic carbocycles. The average molecular weight is 248 g/mol. The second-order valence-corrected chi connectivity index (χ2v) is 4.65. The molecular weight excluding hydrogens is 232 g/mol. The second kappa shape index (κ2) is 5.41. The fourth-order valence-corrected chi connectivity index (χ4v) is 1.26. The van der Waals surface area contributed by atoms with Gasteiger partial charge in [0.05, 0.1) is 18.4 Å². The Morgan fingerprint density at radius 2 is 2.06 bits per heavy atom. The van der Waals surface area contributed by atoms with Gasteiger partial charge >= 0.3 is 6.09 Å². The van der Waals surface area contributed by atoms with Gasteiger partial charge in [0.1, 0.15) is 17.4 Å². The molecule has 0 heterocycles. The van der Waals surface area contributed by atoms with E-state index in [-0.39, 0.29) is 0 Å². The molecule has 0 spiro atoms. The Morgan fingerprint density at radius 3 is 2.56 bits per heavy atom. The van der Waals surface area contributed by atoms with Gasteiger partial charge in [-0.25, -0.2) is 4.79 Å². The number of nitriles is 1. The maximum Gasteiger partial charge on any atom is 0.412 e. The van der Waals surface area contributed by atoms with Gasteiger partial charge in [-0.15, -0.1) is 0 Å². The molecular formula is C13H16N2O3. The number of carbonyl (C=O) groups excluding carboxylic acids is 1. The van der Waals surface area contributed by atoms with E-state index in [2.05, 4.69) is 5.32 Å². The topological polar surface area (TPSA) is 71.3 Å². The minimum absolute atomic E-state index is 0.349. The van der Waals surface area contributed by atoms with Crippen molar-refractivity contribution in [1.82, 2.24) is 0 Å². The van der Waals surface area contributed by atoms with Crippen molar-refractivity contribution < 1.29 is 14.3 Å². The van der Waals surface area contributed by atoms with Crippen LogP contribution in [0, 0.1) is 11.3 Å². The third-order valence-electron chi connectivity index (χ3n) is 1.98. The summed E-state index contributed by atoms with van der Waals surface area (Å²) in [5.74, 6) is 0.556. The molecule has 1 amide bonds. The molecule has 0 aliphatic heterocycles. The molecule has 18 heavy (non-hydrogen) atoms. The number of methoxy groups -OCH3 is 1. The predicted molar refractivity (Wildman–Crippen MR) is 67.6 cm³/mol. The van der Waals surface area contributed by atoms with Crippen molar-refractivity contribution in [2.24, 2.45) is 0 Å². The van der Waals surface area contributed by atoms with Crippen molar-refractivity contribution in [3.8, 4) is 11.8 Å². The Morgan fingerprint density at radius 1 is 1.39 bits per heavy atom. The van der Waals surface area contributed by atoms with E-state index >= 15 is 0 Å². The van der Waals surface area contributed by atoms with Gasteiger partial charge in [0.2, 0.25) is 0 Å². The molecule has 1 aromatic carbocycles. The number of anilines is 1. The van der Waals surface area contributed by atoms with E-state index in [4.69, 9.17) is 14.7 Å². The molecule has 0 radical (unpaired) electrons. The number of nitrogens with zero attached hydrogens (tertiary/aromatic N) is 1. The molecule has 0 saturated heterocycles. The molecule has 0 fully saturated rings. The number of hydrogen-bond acceptors (Lipinski definition) is 4. The lowest BCUT2D eigenvalue weighted by atomic mass is 10.2. The number of benzene rings is 1. The van der Waals surface area contributed by atoms with Crippen molar-refractivity contribution in [3.63, 3.8) is 0 Å². The second-order valence-electron chi connectivity index (χ2n) is 4.65. The van der Waals surface area contributed by atoms with Crippen LogP contribution in [-0.4, -0.2) is 18.8 Å². The summed E-state index contributed by atoms with van der Waals surface area (Å²) in [6.07, 6.45) is -0.604. The number of hydrogen-bond donors (Lipinski definition) is 1. The van der Waals surface area contributed by atoms with Crippen LogP contribution >= 0.6 is 0 Å². The number of rotatable bonds is 2. The third kappa shape index (κ3) is 3.98. The molecule has 1 aromatic rings. The van der Waals surface area contributed by atoms with E-state index in [1.165, 1.54) is 7.11 Å². The van der Waals surface area contributed by atoms with Crippen LogP contribution in [0.4, 0.5) is 10.5 Å². The van der Waals surface area contributed by atoms with Crippen LogP contribution in [0.2, 0.25) is 0 Å². The van der Waals surface area contributed by atoms with Crippen LogP contribution in [0.3, 0.4) is 0 Å². The number of amides is 1. The minimum Gasteiger partial charge on any atom is -0.497 e. The Bertz CT molecular complexity index is 484. The Labute approximate surface area is 106 Å². The fourth-order valence-electron chi connectivity index (χ4n) is 1.26. The third-order valence-corrected chi connectivity index (χ3v) is 1.98. The van der Waals surface area contributed by atoms with Gasteiger partial charge < -0.3 is 9.47 Å². The highest BCUT2D eigenvalue weighted by molar-refractivity contribution is 5.87. The van der Waals surface area contributed by atoms with E-state index in [0.717, 1.165) is 0 Å². The number of ether oxygens (including phenoxy) is 2. The molecule has 1 N–H and O–H groups in total. The smallest absolute Gasteiger partial charge is 0.412 e. The van der Waals surface area contributed by atoms with Gasteiger partial charge in [-0.1, -0.05) is 0 Å². The molecule has 5 heteroatoms. The average Bonchev–Trinajstić information content (AvgIpc) is 2.26.